The lowest BCUT2D eigenvalue weighted by molar-refractivity contribution is 1.08. The van der Waals surface area contributed by atoms with Gasteiger partial charge in [-0.05, 0) is 216 Å². The van der Waals surface area contributed by atoms with Crippen molar-refractivity contribution in [1.29, 1.82) is 0 Å². The molecule has 6 aromatic heterocycles. The predicted octanol–water partition coefficient (Wildman–Crippen LogP) is 20.9. The van der Waals surface area contributed by atoms with E-state index in [2.05, 4.69) is 152 Å². The smallest absolute Gasteiger partial charge is 0.258 e. The molecule has 9 aromatic carbocycles. The van der Waals surface area contributed by atoms with Gasteiger partial charge in [0.1, 0.15) is 23.3 Å². The minimum atomic E-state index is 0.251. The molecule has 1 aliphatic carbocycles. The van der Waals surface area contributed by atoms with Crippen molar-refractivity contribution in [1.82, 2.24) is 58.7 Å². The van der Waals surface area contributed by atoms with Gasteiger partial charge in [-0.15, -0.1) is 25.5 Å². The van der Waals surface area contributed by atoms with Gasteiger partial charge in [0.25, 0.3) is 17.3 Å². The van der Waals surface area contributed by atoms with Crippen LogP contribution in [-0.4, -0.2) is 98.6 Å². The second-order valence-corrected chi connectivity index (χ2v) is 29.3. The number of nitrogens with zero attached hydrogens (tertiary/aromatic N) is 17. The number of fused-ring (bicyclic) bond motifs is 10. The van der Waals surface area contributed by atoms with Crippen molar-refractivity contribution in [3.63, 3.8) is 0 Å². The highest BCUT2D eigenvalue weighted by Crippen LogP contribution is 2.42. The van der Waals surface area contributed by atoms with Crippen molar-refractivity contribution < 1.29 is 0 Å². The number of hydrogen-bond donors (Lipinski definition) is 2. The molecule has 0 spiro atoms. The van der Waals surface area contributed by atoms with Crippen LogP contribution >= 0.6 is 130 Å². The van der Waals surface area contributed by atoms with Crippen LogP contribution < -0.4 is 25.4 Å². The lowest BCUT2D eigenvalue weighted by Crippen LogP contribution is -2.32. The summed E-state index contributed by atoms with van der Waals surface area (Å²) < 4.78 is 8.67. The summed E-state index contributed by atoms with van der Waals surface area (Å²) in [6.45, 7) is 0. The Labute approximate surface area is 644 Å². The van der Waals surface area contributed by atoms with Gasteiger partial charge < -0.3 is 25.4 Å². The first-order valence-electron chi connectivity index (χ1n) is 31.4. The molecule has 2 aliphatic rings. The summed E-state index contributed by atoms with van der Waals surface area (Å²) in [7, 11) is 7.89. The molecule has 0 atom stereocenters. The summed E-state index contributed by atoms with van der Waals surface area (Å²) >= 11 is 53.0. The monoisotopic (exact) mass is 1680 g/mol. The van der Waals surface area contributed by atoms with Crippen molar-refractivity contribution in [3.05, 3.63) is 260 Å². The second-order valence-electron chi connectivity index (χ2n) is 23.7. The number of aromatic nitrogens is 12. The highest BCUT2D eigenvalue weighted by atomic mass is 79.9. The maximum absolute atomic E-state index is 6.28. The fourth-order valence-corrected chi connectivity index (χ4v) is 14.5. The van der Waals surface area contributed by atoms with Crippen LogP contribution in [0.4, 0.5) is 40.2 Å². The number of nitrogens with two attached hydrogens (primary N) is 1. The first kappa shape index (κ1) is 70.2. The molecular formula is C73H54Br3Cl6N19S. The van der Waals surface area contributed by atoms with Crippen LogP contribution in [0, 0.1) is 4.77 Å². The van der Waals surface area contributed by atoms with Crippen molar-refractivity contribution in [2.45, 2.75) is 25.2 Å². The normalized spacial score (nSPS) is 13.0. The van der Waals surface area contributed by atoms with E-state index in [-0.39, 0.29) is 10.6 Å². The molecular weight excluding hydrogens is 1630 g/mol. The Kier molecular flexibility index (Phi) is 20.5. The van der Waals surface area contributed by atoms with E-state index in [1.54, 1.807) is 13.2 Å². The summed E-state index contributed by atoms with van der Waals surface area (Å²) in [5, 5.41) is 32.6. The largest absolute Gasteiger partial charge is 0.329 e. The molecule has 1 saturated carbocycles. The molecule has 7 heterocycles. The van der Waals surface area contributed by atoms with E-state index in [1.165, 1.54) is 24.0 Å². The fraction of sp³-hybridized carbons (Fsp3) is 0.110. The number of aliphatic imine (C=N–C) groups is 1. The standard InChI is InChI=1S/C25H19Cl2N5.C16H10BrCl2N5.C16H11BrClN5S.C16H14BrClN4/c1-31(20-4-2-3-18(13-20)17-9-7-16(8-10-17)15-5-6-15)23-21-12-11-19(26)14-22(21)32-24(27)29-30-25(32)28-23;1-23(11-4-2-3-9(17)7-11)14-12-6-5-10(18)8-13(12)24-15(19)21-22-16(24)20-14;1-22(11-4-2-3-9(17)7-11)14-12-6-5-10(18)8-13(12)23-15(19-14)20-21-16(23)24;1-22(13-4-2-3-11(17)9-13)16-14-6-5-12(18)7-10(14)8-15(20-16)21-19/h2-4,7-15H,5-6H2,1H3;2-8H,1H3;2-8H,1H3,(H,21,24);2-7,9H,8,19H2,1H3/b;;;21-15-. The lowest BCUT2D eigenvalue weighted by Gasteiger charge is -2.26. The van der Waals surface area contributed by atoms with E-state index >= 15 is 0 Å². The third-order valence-electron chi connectivity index (χ3n) is 17.2. The lowest BCUT2D eigenvalue weighted by atomic mass is 9.99. The molecule has 0 bridgehead atoms. The number of benzene rings is 9. The van der Waals surface area contributed by atoms with E-state index < -0.39 is 0 Å². The number of hydrazone groups is 1. The van der Waals surface area contributed by atoms with E-state index in [9.17, 15) is 0 Å². The van der Waals surface area contributed by atoms with Crippen LogP contribution in [0.5, 0.6) is 0 Å². The summed E-state index contributed by atoms with van der Waals surface area (Å²) in [6, 6.07) is 64.1. The van der Waals surface area contributed by atoms with Gasteiger partial charge in [0.05, 0.1) is 16.6 Å². The molecule has 3 N–H and O–H groups in total. The Morgan fingerprint density at radius 1 is 0.471 bits per heavy atom. The predicted molar refractivity (Wildman–Crippen MR) is 429 cm³/mol. The second kappa shape index (κ2) is 29.9. The van der Waals surface area contributed by atoms with Gasteiger partial charge in [0.2, 0.25) is 15.3 Å². The highest BCUT2D eigenvalue weighted by molar-refractivity contribution is 9.11. The van der Waals surface area contributed by atoms with E-state index in [1.807, 2.05) is 188 Å². The molecule has 0 unspecified atom stereocenters. The molecule has 17 rings (SSSR count). The Morgan fingerprint density at radius 3 is 1.37 bits per heavy atom. The summed E-state index contributed by atoms with van der Waals surface area (Å²) in [6.07, 6.45) is 3.21. The molecule has 1 aliphatic heterocycles. The first-order chi connectivity index (χ1) is 49.2. The molecule has 510 valence electrons. The SMILES string of the molecule is CN(C1=N/C(=N\N)Cc2cc(Cl)ccc21)c1cccc(Br)c1.CN(c1cccc(-c2ccc(C3CC3)cc2)c1)c1nc2nnc(Cl)n2c2cc(Cl)ccc12.CN(c1cccc(Br)c1)c1nc2n[nH]c(=S)n2c2cc(Cl)ccc12.CN(c1cccc(Br)c1)c1nc2nnc(Cl)n2c2cc(Cl)ccc12. The third kappa shape index (κ3) is 14.6. The molecule has 0 saturated heterocycles. The molecule has 102 heavy (non-hydrogen) atoms. The zero-order valence-corrected chi connectivity index (χ0v) is 64.3. The third-order valence-corrected chi connectivity index (χ3v) is 20.4. The minimum absolute atomic E-state index is 0.251. The molecule has 29 heteroatoms. The van der Waals surface area contributed by atoms with Crippen molar-refractivity contribution in [2.75, 3.05) is 47.8 Å². The van der Waals surface area contributed by atoms with Crippen LogP contribution in [0.2, 0.25) is 30.7 Å². The maximum Gasteiger partial charge on any atom is 0.258 e. The summed E-state index contributed by atoms with van der Waals surface area (Å²) in [5.41, 5.74) is 12.4. The van der Waals surface area contributed by atoms with Crippen LogP contribution in [-0.2, 0) is 6.42 Å². The number of H-pyrrole nitrogens is 1. The fourth-order valence-electron chi connectivity index (χ4n) is 12.0. The van der Waals surface area contributed by atoms with Gasteiger partial charge in [-0.25, -0.2) is 18.9 Å². The Morgan fingerprint density at radius 2 is 0.902 bits per heavy atom. The number of rotatable bonds is 9. The minimum Gasteiger partial charge on any atom is -0.329 e. The topological polar surface area (TPSA) is 196 Å². The molecule has 1 fully saturated rings. The number of halogens is 9. The van der Waals surface area contributed by atoms with Crippen LogP contribution in [0.1, 0.15) is 35.4 Å². The van der Waals surface area contributed by atoms with Crippen LogP contribution in [0.25, 0.3) is 61.2 Å². The van der Waals surface area contributed by atoms with E-state index in [0.29, 0.717) is 54.5 Å². The molecule has 19 nitrogen and oxygen atoms in total. The summed E-state index contributed by atoms with van der Waals surface area (Å²) in [4.78, 5) is 26.7. The number of nitrogens with one attached hydrogen (secondary N) is 1. The van der Waals surface area contributed by atoms with Gasteiger partial charge in [-0.3, -0.25) is 4.40 Å². The number of anilines is 7. The average Bonchev–Trinajstić information content (AvgIpc) is 1.44. The Hall–Kier alpha value is -8.85. The molecule has 15 aromatic rings. The Bertz CT molecular complexity index is 5890. The first-order valence-corrected chi connectivity index (χ1v) is 36.4. The van der Waals surface area contributed by atoms with Gasteiger partial charge in [-0.1, -0.05) is 149 Å². The van der Waals surface area contributed by atoms with Gasteiger partial charge in [0, 0.05) is 113 Å². The zero-order valence-electron chi connectivity index (χ0n) is 54.2. The van der Waals surface area contributed by atoms with Crippen molar-refractivity contribution >= 4 is 232 Å². The van der Waals surface area contributed by atoms with Crippen molar-refractivity contribution in [2.24, 2.45) is 15.9 Å². The molecule has 0 radical (unpaired) electrons. The van der Waals surface area contributed by atoms with Gasteiger partial charge in [0.15, 0.2) is 5.84 Å². The van der Waals surface area contributed by atoms with Gasteiger partial charge >= 0.3 is 0 Å². The maximum atomic E-state index is 6.28. The average molecular weight is 1680 g/mol. The van der Waals surface area contributed by atoms with E-state index in [0.717, 1.165) is 115 Å². The van der Waals surface area contributed by atoms with E-state index in [4.69, 9.17) is 92.7 Å². The Balaban J connectivity index is 0.000000117. The number of hydrogen-bond acceptors (Lipinski definition) is 15. The van der Waals surface area contributed by atoms with Crippen LogP contribution in [0.15, 0.2) is 218 Å². The molecule has 0 amide bonds. The number of amidine groups is 2. The highest BCUT2D eigenvalue weighted by Gasteiger charge is 2.26. The van der Waals surface area contributed by atoms with Crippen molar-refractivity contribution in [3.8, 4) is 11.1 Å². The van der Waals surface area contributed by atoms with Crippen LogP contribution in [0.3, 0.4) is 0 Å². The van der Waals surface area contributed by atoms with Gasteiger partial charge in [-0.2, -0.15) is 20.1 Å². The number of aromatic amines is 1. The summed E-state index contributed by atoms with van der Waals surface area (Å²) in [5.74, 6) is 11.2. The zero-order chi connectivity index (χ0) is 71.2. The quantitative estimate of drug-likeness (QED) is 0.0786.